The maximum absolute atomic E-state index is 12.3. The maximum Gasteiger partial charge on any atom is 0.251 e. The third kappa shape index (κ3) is 4.09. The minimum atomic E-state index is -0.126. The van der Waals surface area contributed by atoms with Crippen molar-refractivity contribution in [3.05, 3.63) is 42.1 Å². The topological polar surface area (TPSA) is 91.9 Å². The molecule has 1 aliphatic rings. The Bertz CT molecular complexity index is 948. The Morgan fingerprint density at radius 3 is 3.04 bits per heavy atom. The van der Waals surface area contributed by atoms with E-state index in [1.807, 2.05) is 24.3 Å². The van der Waals surface area contributed by atoms with Crippen molar-refractivity contribution in [1.29, 1.82) is 0 Å². The molecule has 2 aromatic heterocycles. The number of methoxy groups -OCH3 is 1. The molecule has 0 spiro atoms. The van der Waals surface area contributed by atoms with Gasteiger partial charge in [-0.15, -0.1) is 0 Å². The Hall–Kier alpha value is -2.93. The molecule has 1 aliphatic carbocycles. The summed E-state index contributed by atoms with van der Waals surface area (Å²) >= 11 is 0. The molecule has 0 radical (unpaired) electrons. The molecule has 0 atom stereocenters. The average molecular weight is 365 g/mol. The fourth-order valence-electron chi connectivity index (χ4n) is 2.94. The molecule has 3 aromatic rings. The van der Waals surface area contributed by atoms with Crippen LogP contribution in [0.5, 0.6) is 0 Å². The lowest BCUT2D eigenvalue weighted by molar-refractivity contribution is 0.0937. The van der Waals surface area contributed by atoms with E-state index in [1.165, 1.54) is 12.8 Å². The molecule has 3 N–H and O–H groups in total. The van der Waals surface area contributed by atoms with Crippen LogP contribution in [-0.4, -0.2) is 47.7 Å². The highest BCUT2D eigenvalue weighted by Crippen LogP contribution is 2.30. The SMILES string of the molecule is COCCNC(=O)c1cccc(-c2nc3c(NCC4CC4)nccc3[nH]2)c1. The van der Waals surface area contributed by atoms with E-state index in [-0.39, 0.29) is 5.91 Å². The molecule has 1 aromatic carbocycles. The molecule has 1 amide bonds. The van der Waals surface area contributed by atoms with Crippen LogP contribution >= 0.6 is 0 Å². The summed E-state index contributed by atoms with van der Waals surface area (Å²) in [7, 11) is 1.61. The summed E-state index contributed by atoms with van der Waals surface area (Å²) in [4.78, 5) is 24.8. The van der Waals surface area contributed by atoms with Gasteiger partial charge in [-0.2, -0.15) is 0 Å². The fraction of sp³-hybridized carbons (Fsp3) is 0.350. The number of amides is 1. The zero-order valence-electron chi connectivity index (χ0n) is 15.3. The second kappa shape index (κ2) is 7.75. The summed E-state index contributed by atoms with van der Waals surface area (Å²) in [5.74, 6) is 2.15. The smallest absolute Gasteiger partial charge is 0.251 e. The number of aromatic nitrogens is 3. The van der Waals surface area contributed by atoms with Crippen molar-refractivity contribution >= 4 is 22.8 Å². The number of carbonyl (C=O) groups is 1. The second-order valence-corrected chi connectivity index (χ2v) is 6.79. The molecule has 0 saturated heterocycles. The van der Waals surface area contributed by atoms with Crippen LogP contribution in [0.1, 0.15) is 23.2 Å². The molecule has 0 bridgehead atoms. The summed E-state index contributed by atoms with van der Waals surface area (Å²) in [6.07, 6.45) is 4.35. The zero-order valence-corrected chi connectivity index (χ0v) is 15.3. The van der Waals surface area contributed by atoms with E-state index in [0.29, 0.717) is 18.7 Å². The molecule has 7 nitrogen and oxygen atoms in total. The van der Waals surface area contributed by atoms with Gasteiger partial charge in [0.15, 0.2) is 5.82 Å². The van der Waals surface area contributed by atoms with Gasteiger partial charge in [-0.05, 0) is 37.0 Å². The normalized spacial score (nSPS) is 13.7. The van der Waals surface area contributed by atoms with Crippen molar-refractivity contribution < 1.29 is 9.53 Å². The van der Waals surface area contributed by atoms with E-state index in [1.54, 1.807) is 19.4 Å². The third-order valence-electron chi connectivity index (χ3n) is 4.65. The van der Waals surface area contributed by atoms with Gasteiger partial charge in [0.05, 0.1) is 12.1 Å². The number of imidazole rings is 1. The van der Waals surface area contributed by atoms with Crippen LogP contribution in [0.2, 0.25) is 0 Å². The zero-order chi connectivity index (χ0) is 18.6. The van der Waals surface area contributed by atoms with Gasteiger partial charge in [0, 0.05) is 37.5 Å². The first-order valence-electron chi connectivity index (χ1n) is 9.21. The lowest BCUT2D eigenvalue weighted by Gasteiger charge is -2.05. The van der Waals surface area contributed by atoms with Crippen LogP contribution in [0.25, 0.3) is 22.4 Å². The number of rotatable bonds is 8. The molecule has 1 saturated carbocycles. The van der Waals surface area contributed by atoms with Crippen molar-refractivity contribution in [3.8, 4) is 11.4 Å². The molecule has 4 rings (SSSR count). The first-order valence-corrected chi connectivity index (χ1v) is 9.21. The highest BCUT2D eigenvalue weighted by Gasteiger charge is 2.21. The Morgan fingerprint density at radius 1 is 1.33 bits per heavy atom. The Balaban J connectivity index is 1.57. The van der Waals surface area contributed by atoms with Crippen LogP contribution in [0.4, 0.5) is 5.82 Å². The number of nitrogens with zero attached hydrogens (tertiary/aromatic N) is 2. The Kier molecular flexibility index (Phi) is 5.02. The first-order chi connectivity index (χ1) is 13.2. The van der Waals surface area contributed by atoms with Gasteiger partial charge < -0.3 is 20.4 Å². The van der Waals surface area contributed by atoms with Crippen molar-refractivity contribution in [1.82, 2.24) is 20.3 Å². The lowest BCUT2D eigenvalue weighted by Crippen LogP contribution is -2.26. The van der Waals surface area contributed by atoms with Gasteiger partial charge in [0.1, 0.15) is 11.3 Å². The van der Waals surface area contributed by atoms with E-state index in [4.69, 9.17) is 9.72 Å². The Labute approximate surface area is 157 Å². The molecule has 0 aliphatic heterocycles. The van der Waals surface area contributed by atoms with Gasteiger partial charge in [-0.1, -0.05) is 12.1 Å². The number of anilines is 1. The molecular formula is C20H23N5O2. The predicted octanol–water partition coefficient (Wildman–Crippen LogP) is 2.82. The number of hydrogen-bond donors (Lipinski definition) is 3. The highest BCUT2D eigenvalue weighted by atomic mass is 16.5. The number of aromatic amines is 1. The van der Waals surface area contributed by atoms with Gasteiger partial charge in [0.2, 0.25) is 0 Å². The van der Waals surface area contributed by atoms with Gasteiger partial charge in [-0.25, -0.2) is 9.97 Å². The summed E-state index contributed by atoms with van der Waals surface area (Å²) in [5.41, 5.74) is 3.20. The molecule has 140 valence electrons. The van der Waals surface area contributed by atoms with Gasteiger partial charge >= 0.3 is 0 Å². The van der Waals surface area contributed by atoms with Crippen molar-refractivity contribution in [2.75, 3.05) is 32.1 Å². The number of H-pyrrole nitrogens is 1. The van der Waals surface area contributed by atoms with Crippen LogP contribution < -0.4 is 10.6 Å². The number of benzene rings is 1. The number of pyridine rings is 1. The minimum absolute atomic E-state index is 0.126. The number of carbonyl (C=O) groups excluding carboxylic acids is 1. The largest absolute Gasteiger partial charge is 0.383 e. The average Bonchev–Trinajstić information content (AvgIpc) is 3.42. The molecule has 2 heterocycles. The predicted molar refractivity (Wildman–Crippen MR) is 105 cm³/mol. The van der Waals surface area contributed by atoms with Crippen LogP contribution in [-0.2, 0) is 4.74 Å². The minimum Gasteiger partial charge on any atom is -0.383 e. The fourth-order valence-corrected chi connectivity index (χ4v) is 2.94. The monoisotopic (exact) mass is 365 g/mol. The molecule has 0 unspecified atom stereocenters. The van der Waals surface area contributed by atoms with Gasteiger partial charge in [-0.3, -0.25) is 4.79 Å². The molecule has 7 heteroatoms. The Morgan fingerprint density at radius 2 is 2.22 bits per heavy atom. The molecule has 27 heavy (non-hydrogen) atoms. The van der Waals surface area contributed by atoms with E-state index in [0.717, 1.165) is 40.7 Å². The number of hydrogen-bond acceptors (Lipinski definition) is 5. The van der Waals surface area contributed by atoms with E-state index >= 15 is 0 Å². The van der Waals surface area contributed by atoms with Crippen LogP contribution in [0.3, 0.4) is 0 Å². The van der Waals surface area contributed by atoms with E-state index < -0.39 is 0 Å². The van der Waals surface area contributed by atoms with Crippen LogP contribution in [0.15, 0.2) is 36.5 Å². The summed E-state index contributed by atoms with van der Waals surface area (Å²) in [6.45, 7) is 1.90. The lowest BCUT2D eigenvalue weighted by atomic mass is 10.1. The highest BCUT2D eigenvalue weighted by molar-refractivity contribution is 5.95. The number of ether oxygens (including phenoxy) is 1. The first kappa shape index (κ1) is 17.5. The summed E-state index contributed by atoms with van der Waals surface area (Å²) in [6, 6.07) is 9.34. The standard InChI is InChI=1S/C20H23N5O2/c1-27-10-9-22-20(26)15-4-2-3-14(11-15)18-24-16-7-8-21-19(17(16)25-18)23-12-13-5-6-13/h2-4,7-8,11,13H,5-6,9-10,12H2,1H3,(H,21,23)(H,22,26)(H,24,25). The van der Waals surface area contributed by atoms with E-state index in [2.05, 4.69) is 20.6 Å². The molecular weight excluding hydrogens is 342 g/mol. The second-order valence-electron chi connectivity index (χ2n) is 6.79. The molecule has 1 fully saturated rings. The number of nitrogens with one attached hydrogen (secondary N) is 3. The van der Waals surface area contributed by atoms with Gasteiger partial charge in [0.25, 0.3) is 5.91 Å². The third-order valence-corrected chi connectivity index (χ3v) is 4.65. The summed E-state index contributed by atoms with van der Waals surface area (Å²) in [5, 5.41) is 6.24. The van der Waals surface area contributed by atoms with E-state index in [9.17, 15) is 4.79 Å². The summed E-state index contributed by atoms with van der Waals surface area (Å²) < 4.78 is 4.96. The quantitative estimate of drug-likeness (QED) is 0.534. The van der Waals surface area contributed by atoms with Crippen LogP contribution in [0, 0.1) is 5.92 Å². The maximum atomic E-state index is 12.3. The van der Waals surface area contributed by atoms with Crippen molar-refractivity contribution in [3.63, 3.8) is 0 Å². The van der Waals surface area contributed by atoms with Crippen molar-refractivity contribution in [2.45, 2.75) is 12.8 Å². The number of fused-ring (bicyclic) bond motifs is 1. The van der Waals surface area contributed by atoms with Crippen molar-refractivity contribution in [2.24, 2.45) is 5.92 Å².